The normalized spacial score (nSPS) is 18.3. The number of hydrogen-bond donors (Lipinski definition) is 7. The molecule has 14 heteroatoms. The third-order valence-electron chi connectivity index (χ3n) is 4.94. The fourth-order valence-electron chi connectivity index (χ4n) is 3.19. The largest absolute Gasteiger partial charge is 0.481 e. The lowest BCUT2D eigenvalue weighted by molar-refractivity contribution is -0.145. The predicted molar refractivity (Wildman–Crippen MR) is 107 cm³/mol. The van der Waals surface area contributed by atoms with E-state index in [2.05, 4.69) is 10.6 Å². The van der Waals surface area contributed by atoms with Crippen molar-refractivity contribution in [3.05, 3.63) is 0 Å². The molecule has 1 saturated heterocycles. The molecular weight excluding hydrogens is 430 g/mol. The fraction of sp³-hybridized carbons (Fsp3) is 0.667. The molecule has 0 unspecified atom stereocenters. The van der Waals surface area contributed by atoms with Gasteiger partial charge in [0.15, 0.2) is 0 Å². The van der Waals surface area contributed by atoms with E-state index in [1.165, 1.54) is 0 Å². The summed E-state index contributed by atoms with van der Waals surface area (Å²) >= 11 is 0. The maximum Gasteiger partial charge on any atom is 0.326 e. The number of nitrogens with zero attached hydrogens (tertiary/aromatic N) is 1. The molecule has 0 radical (unpaired) electrons. The van der Waals surface area contributed by atoms with Crippen LogP contribution >= 0.6 is 0 Å². The van der Waals surface area contributed by atoms with Crippen LogP contribution in [0.15, 0.2) is 0 Å². The summed E-state index contributed by atoms with van der Waals surface area (Å²) in [5.74, 6) is -5.64. The maximum atomic E-state index is 12.8. The van der Waals surface area contributed by atoms with E-state index in [0.29, 0.717) is 6.42 Å². The van der Waals surface area contributed by atoms with Crippen LogP contribution in [0.1, 0.15) is 38.5 Å². The summed E-state index contributed by atoms with van der Waals surface area (Å²) < 4.78 is 0. The number of carbonyl (C=O) groups is 6. The molecule has 0 bridgehead atoms. The van der Waals surface area contributed by atoms with E-state index in [1.807, 2.05) is 0 Å². The van der Waals surface area contributed by atoms with E-state index in [-0.39, 0.29) is 32.2 Å². The number of nitrogens with two attached hydrogens (primary N) is 2. The Balaban J connectivity index is 2.79. The van der Waals surface area contributed by atoms with Gasteiger partial charge in [0, 0.05) is 19.4 Å². The van der Waals surface area contributed by atoms with Crippen LogP contribution in [-0.4, -0.2) is 93.1 Å². The van der Waals surface area contributed by atoms with Crippen LogP contribution in [0.4, 0.5) is 0 Å². The van der Waals surface area contributed by atoms with Crippen LogP contribution < -0.4 is 22.1 Å². The number of carbonyl (C=O) groups excluding carboxylic acids is 4. The lowest BCUT2D eigenvalue weighted by atomic mass is 10.1. The highest BCUT2D eigenvalue weighted by Crippen LogP contribution is 2.19. The SMILES string of the molecule is NC(=O)CC[C@H](N)C(=O)N[C@@H](CO)C(=O)N1CCC[C@H]1C(=O)N[C@@H](CCC(=O)O)C(=O)O. The number of aliphatic hydroxyl groups excluding tert-OH is 1. The van der Waals surface area contributed by atoms with Crippen molar-refractivity contribution in [3.63, 3.8) is 0 Å². The highest BCUT2D eigenvalue weighted by Gasteiger charge is 2.39. The Morgan fingerprint density at radius 2 is 1.66 bits per heavy atom. The number of aliphatic carboxylic acids is 2. The molecule has 1 fully saturated rings. The molecule has 180 valence electrons. The first kappa shape index (κ1) is 26.8. The third kappa shape index (κ3) is 8.11. The smallest absolute Gasteiger partial charge is 0.326 e. The molecule has 0 aromatic heterocycles. The van der Waals surface area contributed by atoms with Crippen LogP contribution in [-0.2, 0) is 28.8 Å². The average molecular weight is 459 g/mol. The van der Waals surface area contributed by atoms with Gasteiger partial charge < -0.3 is 42.3 Å². The van der Waals surface area contributed by atoms with Crippen LogP contribution in [0.5, 0.6) is 0 Å². The monoisotopic (exact) mass is 459 g/mol. The number of likely N-dealkylation sites (tertiary alicyclic amines) is 1. The summed E-state index contributed by atoms with van der Waals surface area (Å²) in [5, 5.41) is 32.0. The number of aliphatic hydroxyl groups is 1. The average Bonchev–Trinajstić information content (AvgIpc) is 3.21. The Bertz CT molecular complexity index is 744. The lowest BCUT2D eigenvalue weighted by Gasteiger charge is -2.29. The van der Waals surface area contributed by atoms with E-state index in [4.69, 9.17) is 16.6 Å². The van der Waals surface area contributed by atoms with E-state index in [9.17, 15) is 39.0 Å². The third-order valence-corrected chi connectivity index (χ3v) is 4.94. The van der Waals surface area contributed by atoms with Gasteiger partial charge in [-0.3, -0.25) is 24.0 Å². The number of carboxylic acids is 2. The van der Waals surface area contributed by atoms with E-state index >= 15 is 0 Å². The second-order valence-corrected chi connectivity index (χ2v) is 7.38. The zero-order valence-corrected chi connectivity index (χ0v) is 17.4. The second kappa shape index (κ2) is 12.6. The van der Waals surface area contributed by atoms with Crippen LogP contribution in [0.25, 0.3) is 0 Å². The van der Waals surface area contributed by atoms with E-state index < -0.39 is 72.8 Å². The summed E-state index contributed by atoms with van der Waals surface area (Å²) in [5.41, 5.74) is 10.6. The maximum absolute atomic E-state index is 12.8. The number of carboxylic acid groups (broad SMARTS) is 2. The summed E-state index contributed by atoms with van der Waals surface area (Å²) in [6.07, 6.45) is -0.384. The molecule has 32 heavy (non-hydrogen) atoms. The van der Waals surface area contributed by atoms with Crippen LogP contribution in [0, 0.1) is 0 Å². The Morgan fingerprint density at radius 1 is 1.00 bits per heavy atom. The molecule has 0 saturated carbocycles. The molecule has 4 atom stereocenters. The van der Waals surface area contributed by atoms with Gasteiger partial charge in [-0.05, 0) is 25.7 Å². The molecule has 4 amide bonds. The first-order valence-corrected chi connectivity index (χ1v) is 9.98. The van der Waals surface area contributed by atoms with Gasteiger partial charge in [0.25, 0.3) is 0 Å². The molecule has 0 aromatic carbocycles. The Hall–Kier alpha value is -3.26. The quantitative estimate of drug-likeness (QED) is 0.143. The Kier molecular flexibility index (Phi) is 10.5. The Morgan fingerprint density at radius 3 is 2.19 bits per heavy atom. The fourth-order valence-corrected chi connectivity index (χ4v) is 3.19. The molecule has 14 nitrogen and oxygen atoms in total. The summed E-state index contributed by atoms with van der Waals surface area (Å²) in [6, 6.07) is -5.05. The van der Waals surface area contributed by atoms with Crippen molar-refractivity contribution in [2.24, 2.45) is 11.5 Å². The van der Waals surface area contributed by atoms with Crippen molar-refractivity contribution in [2.45, 2.75) is 62.7 Å². The standard InChI is InChI=1S/C18H29N5O9/c19-9(3-5-13(20)25)15(28)22-11(8-24)17(30)23-7-1-2-12(23)16(29)21-10(18(31)32)4-6-14(26)27/h9-12,24H,1-8,19H2,(H2,20,25)(H,21,29)(H,22,28)(H,26,27)(H,31,32)/t9-,10-,11-,12-/m0/s1. The number of nitrogens with one attached hydrogen (secondary N) is 2. The van der Waals surface area contributed by atoms with Gasteiger partial charge in [0.1, 0.15) is 18.1 Å². The minimum Gasteiger partial charge on any atom is -0.481 e. The van der Waals surface area contributed by atoms with Gasteiger partial charge in [-0.2, -0.15) is 0 Å². The number of amides is 4. The van der Waals surface area contributed by atoms with Gasteiger partial charge in [-0.15, -0.1) is 0 Å². The first-order chi connectivity index (χ1) is 15.0. The van der Waals surface area contributed by atoms with Gasteiger partial charge in [0.2, 0.25) is 23.6 Å². The summed E-state index contributed by atoms with van der Waals surface area (Å²) in [4.78, 5) is 71.4. The molecule has 1 aliphatic heterocycles. The van der Waals surface area contributed by atoms with Gasteiger partial charge in [-0.1, -0.05) is 0 Å². The van der Waals surface area contributed by atoms with Crippen molar-refractivity contribution in [1.29, 1.82) is 0 Å². The van der Waals surface area contributed by atoms with Gasteiger partial charge in [-0.25, -0.2) is 4.79 Å². The van der Waals surface area contributed by atoms with Crippen molar-refractivity contribution in [1.82, 2.24) is 15.5 Å². The minimum absolute atomic E-state index is 0.0603. The van der Waals surface area contributed by atoms with Gasteiger partial charge in [0.05, 0.1) is 12.6 Å². The highest BCUT2D eigenvalue weighted by molar-refractivity contribution is 5.94. The molecule has 1 rings (SSSR count). The van der Waals surface area contributed by atoms with Crippen molar-refractivity contribution in [2.75, 3.05) is 13.2 Å². The molecule has 9 N–H and O–H groups in total. The second-order valence-electron chi connectivity index (χ2n) is 7.38. The topological polar surface area (TPSA) is 242 Å². The molecule has 1 aliphatic rings. The Labute approximate surface area is 183 Å². The number of rotatable bonds is 13. The van der Waals surface area contributed by atoms with E-state index in [1.54, 1.807) is 0 Å². The lowest BCUT2D eigenvalue weighted by Crippen LogP contribution is -2.57. The molecule has 1 heterocycles. The molecule has 0 spiro atoms. The first-order valence-electron chi connectivity index (χ1n) is 9.98. The zero-order chi connectivity index (χ0) is 24.4. The van der Waals surface area contributed by atoms with Crippen molar-refractivity contribution >= 4 is 35.6 Å². The van der Waals surface area contributed by atoms with E-state index in [0.717, 1.165) is 4.90 Å². The minimum atomic E-state index is -1.45. The van der Waals surface area contributed by atoms with Crippen molar-refractivity contribution < 1.29 is 44.1 Å². The summed E-state index contributed by atoms with van der Waals surface area (Å²) in [6.45, 7) is -0.655. The molecule has 0 aromatic rings. The van der Waals surface area contributed by atoms with Crippen molar-refractivity contribution in [3.8, 4) is 0 Å². The summed E-state index contributed by atoms with van der Waals surface area (Å²) in [7, 11) is 0. The van der Waals surface area contributed by atoms with Gasteiger partial charge >= 0.3 is 11.9 Å². The highest BCUT2D eigenvalue weighted by atomic mass is 16.4. The van der Waals surface area contributed by atoms with Crippen LogP contribution in [0.3, 0.4) is 0 Å². The molecule has 0 aliphatic carbocycles. The molecular formula is C18H29N5O9. The number of hydrogen-bond acceptors (Lipinski definition) is 8. The van der Waals surface area contributed by atoms with Crippen LogP contribution in [0.2, 0.25) is 0 Å². The number of primary amides is 1. The predicted octanol–water partition coefficient (Wildman–Crippen LogP) is -3.52. The zero-order valence-electron chi connectivity index (χ0n) is 17.4.